The molecule has 0 aliphatic carbocycles. The van der Waals surface area contributed by atoms with E-state index in [1.807, 2.05) is 13.0 Å². The summed E-state index contributed by atoms with van der Waals surface area (Å²) >= 11 is 1.68. The number of aromatic nitrogens is 2. The Balaban J connectivity index is 1.80. The molecule has 0 saturated carbocycles. The van der Waals surface area contributed by atoms with E-state index in [0.29, 0.717) is 6.04 Å². The van der Waals surface area contributed by atoms with Crippen LogP contribution in [0.25, 0.3) is 0 Å². The molecule has 0 unspecified atom stereocenters. The molecule has 0 radical (unpaired) electrons. The van der Waals surface area contributed by atoms with Crippen LogP contribution in [0.1, 0.15) is 34.5 Å². The molecule has 1 saturated heterocycles. The van der Waals surface area contributed by atoms with Gasteiger partial charge in [0, 0.05) is 6.04 Å². The predicted molar refractivity (Wildman–Crippen MR) is 86.6 cm³/mol. The lowest BCUT2D eigenvalue weighted by molar-refractivity contribution is 0.246. The summed E-state index contributed by atoms with van der Waals surface area (Å²) in [5.41, 5.74) is 1.27. The van der Waals surface area contributed by atoms with Crippen molar-refractivity contribution in [2.75, 3.05) is 20.8 Å². The lowest BCUT2D eigenvalue weighted by Gasteiger charge is -2.24. The summed E-state index contributed by atoms with van der Waals surface area (Å²) in [6.07, 6.45) is 2.37. The molecule has 1 aromatic heterocycles. The molecule has 0 amide bonds. The molecule has 2 aromatic rings. The Morgan fingerprint density at radius 3 is 2.73 bits per heavy atom. The van der Waals surface area contributed by atoms with Gasteiger partial charge >= 0.3 is 0 Å². The summed E-state index contributed by atoms with van der Waals surface area (Å²) in [6, 6.07) is 6.62. The molecule has 1 aromatic carbocycles. The number of hydrogen-bond donors (Lipinski definition) is 0. The van der Waals surface area contributed by atoms with Crippen molar-refractivity contribution in [2.45, 2.75) is 32.4 Å². The van der Waals surface area contributed by atoms with Gasteiger partial charge < -0.3 is 9.47 Å². The van der Waals surface area contributed by atoms with E-state index in [1.54, 1.807) is 25.6 Å². The fourth-order valence-corrected chi connectivity index (χ4v) is 3.76. The Labute approximate surface area is 134 Å². The van der Waals surface area contributed by atoms with Crippen molar-refractivity contribution >= 4 is 11.3 Å². The first kappa shape index (κ1) is 15.2. The average Bonchev–Trinajstić information content (AvgIpc) is 3.16. The van der Waals surface area contributed by atoms with Crippen molar-refractivity contribution in [3.8, 4) is 11.5 Å². The monoisotopic (exact) mass is 319 g/mol. The van der Waals surface area contributed by atoms with Crippen LogP contribution in [0.2, 0.25) is 0 Å². The van der Waals surface area contributed by atoms with Crippen molar-refractivity contribution in [3.05, 3.63) is 33.8 Å². The largest absolute Gasteiger partial charge is 0.493 e. The Hall–Kier alpha value is -1.66. The average molecular weight is 319 g/mol. The van der Waals surface area contributed by atoms with Crippen molar-refractivity contribution in [2.24, 2.45) is 0 Å². The highest BCUT2D eigenvalue weighted by molar-refractivity contribution is 7.11. The first-order chi connectivity index (χ1) is 10.7. The molecule has 1 fully saturated rings. The van der Waals surface area contributed by atoms with Gasteiger partial charge in [-0.2, -0.15) is 0 Å². The van der Waals surface area contributed by atoms with Crippen LogP contribution in [0.4, 0.5) is 0 Å². The third kappa shape index (κ3) is 3.08. The number of likely N-dealkylation sites (tertiary alicyclic amines) is 1. The van der Waals surface area contributed by atoms with E-state index in [1.165, 1.54) is 12.0 Å². The first-order valence-electron chi connectivity index (χ1n) is 7.46. The van der Waals surface area contributed by atoms with Gasteiger partial charge in [0.2, 0.25) is 0 Å². The summed E-state index contributed by atoms with van der Waals surface area (Å²) in [5, 5.41) is 10.5. The van der Waals surface area contributed by atoms with Crippen LogP contribution in [0.15, 0.2) is 18.2 Å². The number of hydrogen-bond acceptors (Lipinski definition) is 6. The zero-order chi connectivity index (χ0) is 15.5. The van der Waals surface area contributed by atoms with Crippen LogP contribution in [0.3, 0.4) is 0 Å². The molecule has 5 nitrogen and oxygen atoms in total. The quantitative estimate of drug-likeness (QED) is 0.847. The second-order valence-electron chi connectivity index (χ2n) is 5.46. The number of nitrogens with zero attached hydrogens (tertiary/aromatic N) is 3. The zero-order valence-corrected chi connectivity index (χ0v) is 14.0. The number of benzene rings is 1. The van der Waals surface area contributed by atoms with Gasteiger partial charge in [0.25, 0.3) is 0 Å². The minimum atomic E-state index is 0.406. The van der Waals surface area contributed by atoms with Gasteiger partial charge in [-0.15, -0.1) is 21.5 Å². The van der Waals surface area contributed by atoms with Gasteiger partial charge in [0.15, 0.2) is 11.5 Å². The predicted octanol–water partition coefficient (Wildman–Crippen LogP) is 3.20. The highest BCUT2D eigenvalue weighted by Gasteiger charge is 2.27. The van der Waals surface area contributed by atoms with Gasteiger partial charge in [0.05, 0.1) is 20.8 Å². The Kier molecular flexibility index (Phi) is 4.59. The van der Waals surface area contributed by atoms with Crippen molar-refractivity contribution in [3.63, 3.8) is 0 Å². The lowest BCUT2D eigenvalue weighted by Crippen LogP contribution is -2.22. The second-order valence-corrected chi connectivity index (χ2v) is 6.72. The maximum absolute atomic E-state index is 5.43. The molecule has 118 valence electrons. The molecule has 1 atom stereocenters. The van der Waals surface area contributed by atoms with Gasteiger partial charge in [-0.25, -0.2) is 0 Å². The molecule has 6 heteroatoms. The van der Waals surface area contributed by atoms with E-state index in [9.17, 15) is 0 Å². The minimum Gasteiger partial charge on any atom is -0.493 e. The summed E-state index contributed by atoms with van der Waals surface area (Å²) in [4.78, 5) is 2.47. The normalized spacial score (nSPS) is 18.6. The summed E-state index contributed by atoms with van der Waals surface area (Å²) in [6.45, 7) is 3.96. The molecular weight excluding hydrogens is 298 g/mol. The standard InChI is InChI=1S/C16H21N3O2S/c1-11-17-18-16(22-11)10-19-8-4-5-13(19)12-6-7-14(20-2)15(9-12)21-3/h6-7,9,13H,4-5,8,10H2,1-3H3/t13-/m0/s1. The lowest BCUT2D eigenvalue weighted by atomic mass is 10.0. The molecule has 1 aliphatic rings. The first-order valence-corrected chi connectivity index (χ1v) is 8.28. The smallest absolute Gasteiger partial charge is 0.161 e. The van der Waals surface area contributed by atoms with Crippen LogP contribution in [-0.4, -0.2) is 35.9 Å². The van der Waals surface area contributed by atoms with E-state index < -0.39 is 0 Å². The highest BCUT2D eigenvalue weighted by atomic mass is 32.1. The molecule has 22 heavy (non-hydrogen) atoms. The van der Waals surface area contributed by atoms with Gasteiger partial charge in [0.1, 0.15) is 10.0 Å². The fraction of sp³-hybridized carbons (Fsp3) is 0.500. The van der Waals surface area contributed by atoms with Gasteiger partial charge in [-0.1, -0.05) is 6.07 Å². The minimum absolute atomic E-state index is 0.406. The maximum Gasteiger partial charge on any atom is 0.161 e. The number of rotatable bonds is 5. The van der Waals surface area contributed by atoms with Crippen LogP contribution in [0.5, 0.6) is 11.5 Å². The van der Waals surface area contributed by atoms with Crippen molar-refractivity contribution in [1.82, 2.24) is 15.1 Å². The summed E-state index contributed by atoms with van der Waals surface area (Å²) in [7, 11) is 3.34. The molecule has 1 aliphatic heterocycles. The van der Waals surface area contributed by atoms with E-state index in [0.717, 1.165) is 41.0 Å². The number of ether oxygens (including phenoxy) is 2. The molecule has 0 bridgehead atoms. The maximum atomic E-state index is 5.43. The van der Waals surface area contributed by atoms with E-state index in [2.05, 4.69) is 27.2 Å². The summed E-state index contributed by atoms with van der Waals surface area (Å²) < 4.78 is 10.8. The van der Waals surface area contributed by atoms with E-state index >= 15 is 0 Å². The molecular formula is C16H21N3O2S. The topological polar surface area (TPSA) is 47.5 Å². The Morgan fingerprint density at radius 1 is 1.23 bits per heavy atom. The third-order valence-electron chi connectivity index (χ3n) is 4.06. The van der Waals surface area contributed by atoms with Crippen molar-refractivity contribution < 1.29 is 9.47 Å². The number of methoxy groups -OCH3 is 2. The molecule has 2 heterocycles. The molecule has 0 spiro atoms. The molecule has 0 N–H and O–H groups in total. The summed E-state index contributed by atoms with van der Waals surface area (Å²) in [5.74, 6) is 1.56. The van der Waals surface area contributed by atoms with Crippen LogP contribution in [-0.2, 0) is 6.54 Å². The van der Waals surface area contributed by atoms with E-state index in [-0.39, 0.29) is 0 Å². The highest BCUT2D eigenvalue weighted by Crippen LogP contribution is 2.37. The Bertz CT molecular complexity index is 644. The third-order valence-corrected chi connectivity index (χ3v) is 4.89. The van der Waals surface area contributed by atoms with Crippen molar-refractivity contribution in [1.29, 1.82) is 0 Å². The number of aryl methyl sites for hydroxylation is 1. The zero-order valence-electron chi connectivity index (χ0n) is 13.2. The Morgan fingerprint density at radius 2 is 2.05 bits per heavy atom. The molecule has 3 rings (SSSR count). The SMILES string of the molecule is COc1ccc([C@@H]2CCCN2Cc2nnc(C)s2)cc1OC. The second kappa shape index (κ2) is 6.62. The van der Waals surface area contributed by atoms with Crippen LogP contribution in [0, 0.1) is 6.92 Å². The van der Waals surface area contributed by atoms with Gasteiger partial charge in [-0.3, -0.25) is 4.90 Å². The van der Waals surface area contributed by atoms with E-state index in [4.69, 9.17) is 9.47 Å². The van der Waals surface area contributed by atoms with Gasteiger partial charge in [-0.05, 0) is 44.0 Å². The van der Waals surface area contributed by atoms with Crippen LogP contribution < -0.4 is 9.47 Å². The van der Waals surface area contributed by atoms with Crippen LogP contribution >= 0.6 is 11.3 Å². The fourth-order valence-electron chi connectivity index (χ4n) is 3.03.